The third-order valence-corrected chi connectivity index (χ3v) is 3.78. The Morgan fingerprint density at radius 2 is 1.81 bits per heavy atom. The van der Waals surface area contributed by atoms with Crippen LogP contribution >= 0.6 is 0 Å². The molecule has 0 aliphatic heterocycles. The molecule has 0 saturated heterocycles. The van der Waals surface area contributed by atoms with Crippen molar-refractivity contribution in [2.75, 3.05) is 19.0 Å². The lowest BCUT2D eigenvalue weighted by molar-refractivity contribution is -0.118. The van der Waals surface area contributed by atoms with E-state index >= 15 is 0 Å². The molecule has 1 amide bonds. The van der Waals surface area contributed by atoms with Crippen LogP contribution in [0.2, 0.25) is 0 Å². The lowest BCUT2D eigenvalue weighted by Gasteiger charge is -2.12. The first-order valence-electron chi connectivity index (χ1n) is 8.32. The van der Waals surface area contributed by atoms with E-state index in [2.05, 4.69) is 20.4 Å². The molecule has 2 aromatic heterocycles. The van der Waals surface area contributed by atoms with E-state index in [1.807, 2.05) is 19.9 Å². The average Bonchev–Trinajstić information content (AvgIpc) is 3.05. The summed E-state index contributed by atoms with van der Waals surface area (Å²) in [4.78, 5) is 21.0. The Hall–Kier alpha value is -3.42. The van der Waals surface area contributed by atoms with Gasteiger partial charge in [-0.05, 0) is 49.7 Å². The normalized spacial score (nSPS) is 10.5. The Balaban J connectivity index is 1.75. The maximum absolute atomic E-state index is 12.4. The van der Waals surface area contributed by atoms with Crippen molar-refractivity contribution in [2.45, 2.75) is 20.8 Å². The number of rotatable bonds is 6. The lowest BCUT2D eigenvalue weighted by atomic mass is 10.1. The molecule has 0 saturated carbocycles. The first-order chi connectivity index (χ1) is 13.0. The number of hydrogen-bond donors (Lipinski definition) is 1. The van der Waals surface area contributed by atoms with Gasteiger partial charge in [-0.15, -0.1) is 0 Å². The Morgan fingerprint density at radius 3 is 2.44 bits per heavy atom. The number of nitrogens with zero attached hydrogens (tertiary/aromatic N) is 3. The molecule has 0 radical (unpaired) electrons. The minimum Gasteiger partial charge on any atom is -0.497 e. The van der Waals surface area contributed by atoms with E-state index in [1.54, 1.807) is 38.3 Å². The first-order valence-corrected chi connectivity index (χ1v) is 8.32. The fourth-order valence-electron chi connectivity index (χ4n) is 2.60. The SMILES string of the molecule is COc1ccc(OCC(=O)Nc2nc(C)cc(C)c2-c2noc(C)n2)cc1. The van der Waals surface area contributed by atoms with Crippen LogP contribution in [0.1, 0.15) is 17.1 Å². The summed E-state index contributed by atoms with van der Waals surface area (Å²) in [5.74, 6) is 2.12. The van der Waals surface area contributed by atoms with Crippen LogP contribution in [0.4, 0.5) is 5.82 Å². The van der Waals surface area contributed by atoms with Gasteiger partial charge < -0.3 is 19.3 Å². The zero-order valence-corrected chi connectivity index (χ0v) is 15.6. The molecule has 3 aromatic rings. The highest BCUT2D eigenvalue weighted by atomic mass is 16.5. The van der Waals surface area contributed by atoms with Gasteiger partial charge in [0.2, 0.25) is 11.7 Å². The second-order valence-corrected chi connectivity index (χ2v) is 5.95. The van der Waals surface area contributed by atoms with Crippen LogP contribution < -0.4 is 14.8 Å². The molecular formula is C19H20N4O4. The first kappa shape index (κ1) is 18.4. The van der Waals surface area contributed by atoms with E-state index in [0.29, 0.717) is 34.6 Å². The number of hydrogen-bond acceptors (Lipinski definition) is 7. The monoisotopic (exact) mass is 368 g/mol. The molecule has 0 unspecified atom stereocenters. The molecule has 0 fully saturated rings. The Labute approximate surface area is 156 Å². The molecule has 3 rings (SSSR count). The van der Waals surface area contributed by atoms with Gasteiger partial charge >= 0.3 is 0 Å². The number of nitrogens with one attached hydrogen (secondary N) is 1. The summed E-state index contributed by atoms with van der Waals surface area (Å²) in [6.45, 7) is 5.29. The van der Waals surface area contributed by atoms with E-state index in [-0.39, 0.29) is 12.5 Å². The van der Waals surface area contributed by atoms with Gasteiger partial charge in [0.1, 0.15) is 17.3 Å². The summed E-state index contributed by atoms with van der Waals surface area (Å²) in [7, 11) is 1.59. The van der Waals surface area contributed by atoms with Gasteiger partial charge in [0.25, 0.3) is 5.91 Å². The van der Waals surface area contributed by atoms with Crippen molar-refractivity contribution < 1.29 is 18.8 Å². The van der Waals surface area contributed by atoms with Crippen molar-refractivity contribution in [1.82, 2.24) is 15.1 Å². The van der Waals surface area contributed by atoms with E-state index in [1.165, 1.54) is 0 Å². The molecule has 8 nitrogen and oxygen atoms in total. The fraction of sp³-hybridized carbons (Fsp3) is 0.263. The molecule has 8 heteroatoms. The summed E-state index contributed by atoms with van der Waals surface area (Å²) in [6.07, 6.45) is 0. The highest BCUT2D eigenvalue weighted by Gasteiger charge is 2.18. The zero-order valence-electron chi connectivity index (χ0n) is 15.6. The van der Waals surface area contributed by atoms with E-state index < -0.39 is 0 Å². The fourth-order valence-corrected chi connectivity index (χ4v) is 2.60. The number of carbonyl (C=O) groups excluding carboxylic acids is 1. The van der Waals surface area contributed by atoms with Gasteiger partial charge in [0.05, 0.1) is 12.7 Å². The number of aryl methyl sites for hydroxylation is 3. The van der Waals surface area contributed by atoms with E-state index in [0.717, 1.165) is 11.3 Å². The van der Waals surface area contributed by atoms with Gasteiger partial charge in [0, 0.05) is 12.6 Å². The molecular weight excluding hydrogens is 348 g/mol. The van der Waals surface area contributed by atoms with Gasteiger partial charge in [-0.1, -0.05) is 5.16 Å². The lowest BCUT2D eigenvalue weighted by Crippen LogP contribution is -2.21. The minimum absolute atomic E-state index is 0.161. The second-order valence-electron chi connectivity index (χ2n) is 5.95. The molecule has 0 spiro atoms. The van der Waals surface area contributed by atoms with Crippen molar-refractivity contribution >= 4 is 11.7 Å². The number of ether oxygens (including phenoxy) is 2. The number of carbonyl (C=O) groups is 1. The number of benzene rings is 1. The predicted octanol–water partition coefficient (Wildman–Crippen LogP) is 3.08. The number of aromatic nitrogens is 3. The van der Waals surface area contributed by atoms with Crippen LogP contribution in [0, 0.1) is 20.8 Å². The highest BCUT2D eigenvalue weighted by Crippen LogP contribution is 2.28. The molecule has 0 aliphatic carbocycles. The largest absolute Gasteiger partial charge is 0.497 e. The standard InChI is InChI=1S/C19H20N4O4/c1-11-9-12(2)20-18(17(11)19-21-13(3)27-23-19)22-16(24)10-26-15-7-5-14(25-4)6-8-15/h5-9H,10H2,1-4H3,(H,20,22,24). The molecule has 0 bridgehead atoms. The minimum atomic E-state index is -0.343. The molecule has 1 aromatic carbocycles. The van der Waals surface area contributed by atoms with E-state index in [4.69, 9.17) is 14.0 Å². The van der Waals surface area contributed by atoms with Crippen LogP contribution in [0.5, 0.6) is 11.5 Å². The Kier molecular flexibility index (Phi) is 5.35. The van der Waals surface area contributed by atoms with Gasteiger partial charge in [0.15, 0.2) is 6.61 Å². The maximum Gasteiger partial charge on any atom is 0.263 e. The summed E-state index contributed by atoms with van der Waals surface area (Å²) in [6, 6.07) is 8.87. The summed E-state index contributed by atoms with van der Waals surface area (Å²) in [5.41, 5.74) is 2.27. The summed E-state index contributed by atoms with van der Waals surface area (Å²) >= 11 is 0. The predicted molar refractivity (Wildman–Crippen MR) is 98.9 cm³/mol. The van der Waals surface area contributed by atoms with E-state index in [9.17, 15) is 4.79 Å². The van der Waals surface area contributed by atoms with Crippen molar-refractivity contribution in [3.63, 3.8) is 0 Å². The van der Waals surface area contributed by atoms with Gasteiger partial charge in [-0.2, -0.15) is 4.98 Å². The molecule has 27 heavy (non-hydrogen) atoms. The van der Waals surface area contributed by atoms with Crippen molar-refractivity contribution in [3.05, 3.63) is 47.5 Å². The number of anilines is 1. The topological polar surface area (TPSA) is 99.4 Å². The molecule has 1 N–H and O–H groups in total. The van der Waals surface area contributed by atoms with Crippen molar-refractivity contribution in [1.29, 1.82) is 0 Å². The summed E-state index contributed by atoms with van der Waals surface area (Å²) in [5, 5.41) is 6.71. The quantitative estimate of drug-likeness (QED) is 0.714. The molecule has 0 atom stereocenters. The smallest absolute Gasteiger partial charge is 0.263 e. The van der Waals surface area contributed by atoms with Crippen LogP contribution in [-0.4, -0.2) is 34.7 Å². The third-order valence-electron chi connectivity index (χ3n) is 3.78. The number of methoxy groups -OCH3 is 1. The van der Waals surface area contributed by atoms with Crippen molar-refractivity contribution in [3.8, 4) is 22.9 Å². The van der Waals surface area contributed by atoms with Gasteiger partial charge in [-0.25, -0.2) is 4.98 Å². The zero-order chi connectivity index (χ0) is 19.4. The molecule has 2 heterocycles. The average molecular weight is 368 g/mol. The number of pyridine rings is 1. The Bertz CT molecular complexity index is 951. The van der Waals surface area contributed by atoms with Crippen LogP contribution in [0.25, 0.3) is 11.4 Å². The van der Waals surface area contributed by atoms with Crippen LogP contribution in [0.3, 0.4) is 0 Å². The molecule has 140 valence electrons. The van der Waals surface area contributed by atoms with Crippen molar-refractivity contribution in [2.24, 2.45) is 0 Å². The van der Waals surface area contributed by atoms with Crippen LogP contribution in [0.15, 0.2) is 34.9 Å². The highest BCUT2D eigenvalue weighted by molar-refractivity contribution is 5.94. The third kappa shape index (κ3) is 4.41. The number of amides is 1. The van der Waals surface area contributed by atoms with Crippen LogP contribution in [-0.2, 0) is 4.79 Å². The Morgan fingerprint density at radius 1 is 1.11 bits per heavy atom. The van der Waals surface area contributed by atoms with Gasteiger partial charge in [-0.3, -0.25) is 4.79 Å². The summed E-state index contributed by atoms with van der Waals surface area (Å²) < 4.78 is 15.6. The second kappa shape index (κ2) is 7.86. The molecule has 0 aliphatic rings. The maximum atomic E-state index is 12.4.